The van der Waals surface area contributed by atoms with Crippen molar-refractivity contribution >= 4 is 24.9 Å². The van der Waals surface area contributed by atoms with Crippen molar-refractivity contribution in [2.45, 2.75) is 6.92 Å². The molecule has 0 aliphatic heterocycles. The number of hydrogen-bond acceptors (Lipinski definition) is 2. The first kappa shape index (κ1) is 16.5. The molecule has 24 heavy (non-hydrogen) atoms. The second-order valence-electron chi connectivity index (χ2n) is 6.06. The average Bonchev–Trinajstić information content (AvgIpc) is 2.59. The van der Waals surface area contributed by atoms with E-state index in [-0.39, 0.29) is 0 Å². The third kappa shape index (κ3) is 3.29. The number of phenols is 1. The van der Waals surface area contributed by atoms with E-state index in [1.807, 2.05) is 48.5 Å². The average molecular weight is 335 g/mol. The number of rotatable bonds is 4. The van der Waals surface area contributed by atoms with Crippen LogP contribution in [-0.4, -0.2) is 19.2 Å². The number of hydrogen-bond donors (Lipinski definition) is 1. The van der Waals surface area contributed by atoms with Crippen LogP contribution in [0.1, 0.15) is 5.56 Å². The van der Waals surface area contributed by atoms with Gasteiger partial charge in [-0.05, 0) is 24.1 Å². The Balaban J connectivity index is 2.04. The Hall–Kier alpha value is -2.31. The highest BCUT2D eigenvalue weighted by Gasteiger charge is 2.13. The van der Waals surface area contributed by atoms with Crippen LogP contribution in [0, 0.1) is 6.92 Å². The SMILES string of the molecule is Cc1cccc(N(C)C)c1Pc1cccc(-c2ccccc2)c1O. The smallest absolute Gasteiger partial charge is 0.131 e. The molecule has 3 aromatic carbocycles. The maximum atomic E-state index is 10.8. The van der Waals surface area contributed by atoms with E-state index in [1.54, 1.807) is 0 Å². The number of para-hydroxylation sites is 1. The van der Waals surface area contributed by atoms with E-state index in [4.69, 9.17) is 0 Å². The van der Waals surface area contributed by atoms with Gasteiger partial charge < -0.3 is 10.0 Å². The molecule has 2 nitrogen and oxygen atoms in total. The lowest BCUT2D eigenvalue weighted by Gasteiger charge is -2.20. The Morgan fingerprint density at radius 2 is 1.54 bits per heavy atom. The summed E-state index contributed by atoms with van der Waals surface area (Å²) in [5.74, 6) is 0.384. The molecule has 1 unspecified atom stereocenters. The summed E-state index contributed by atoms with van der Waals surface area (Å²) in [6.45, 7) is 2.13. The maximum Gasteiger partial charge on any atom is 0.131 e. The highest BCUT2D eigenvalue weighted by atomic mass is 31.1. The summed E-state index contributed by atoms with van der Waals surface area (Å²) in [5, 5.41) is 13.1. The van der Waals surface area contributed by atoms with Crippen molar-refractivity contribution in [2.75, 3.05) is 19.0 Å². The molecule has 0 aliphatic rings. The van der Waals surface area contributed by atoms with Crippen LogP contribution in [0.2, 0.25) is 0 Å². The fraction of sp³-hybridized carbons (Fsp3) is 0.143. The van der Waals surface area contributed by atoms with E-state index in [0.717, 1.165) is 16.4 Å². The number of aryl methyl sites for hydroxylation is 1. The minimum Gasteiger partial charge on any atom is -0.507 e. The standard InChI is InChI=1S/C21H22NOP/c1-15-9-7-13-18(22(2)3)21(15)24-19-14-8-12-17(20(19)23)16-10-5-4-6-11-16/h4-14,23-24H,1-3H3. The van der Waals surface area contributed by atoms with Crippen LogP contribution in [0.4, 0.5) is 5.69 Å². The Morgan fingerprint density at radius 1 is 0.833 bits per heavy atom. The van der Waals surface area contributed by atoms with E-state index < -0.39 is 0 Å². The predicted octanol–water partition coefficient (Wildman–Crippen LogP) is 4.06. The molecule has 0 amide bonds. The van der Waals surface area contributed by atoms with Gasteiger partial charge in [0.15, 0.2) is 0 Å². The molecule has 0 spiro atoms. The number of phenolic OH excluding ortho intramolecular Hbond substituents is 1. The van der Waals surface area contributed by atoms with E-state index in [2.05, 4.69) is 44.1 Å². The van der Waals surface area contributed by atoms with Crippen molar-refractivity contribution in [3.63, 3.8) is 0 Å². The van der Waals surface area contributed by atoms with Gasteiger partial charge in [0.05, 0.1) is 0 Å². The minimum absolute atomic E-state index is 0.384. The molecule has 0 saturated heterocycles. The highest BCUT2D eigenvalue weighted by molar-refractivity contribution is 7.56. The molecule has 1 atom stereocenters. The van der Waals surface area contributed by atoms with Crippen LogP contribution in [0.25, 0.3) is 11.1 Å². The Kier molecular flexibility index (Phi) is 4.87. The summed E-state index contributed by atoms with van der Waals surface area (Å²) in [4.78, 5) is 2.13. The van der Waals surface area contributed by atoms with Gasteiger partial charge in [0.25, 0.3) is 0 Å². The number of anilines is 1. The van der Waals surface area contributed by atoms with E-state index in [1.165, 1.54) is 16.6 Å². The van der Waals surface area contributed by atoms with Gasteiger partial charge in [-0.3, -0.25) is 0 Å². The van der Waals surface area contributed by atoms with Crippen molar-refractivity contribution in [3.05, 3.63) is 72.3 Å². The van der Waals surface area contributed by atoms with Crippen molar-refractivity contribution in [1.82, 2.24) is 0 Å². The molecule has 0 aromatic heterocycles. The van der Waals surface area contributed by atoms with Crippen LogP contribution in [0.15, 0.2) is 66.7 Å². The van der Waals surface area contributed by atoms with Crippen molar-refractivity contribution in [3.8, 4) is 16.9 Å². The minimum atomic E-state index is 0.384. The largest absolute Gasteiger partial charge is 0.507 e. The van der Waals surface area contributed by atoms with Gasteiger partial charge >= 0.3 is 0 Å². The summed E-state index contributed by atoms with van der Waals surface area (Å²) < 4.78 is 0. The molecular weight excluding hydrogens is 313 g/mol. The summed E-state index contributed by atoms with van der Waals surface area (Å²) in [7, 11) is 4.53. The Bertz CT molecular complexity index is 844. The maximum absolute atomic E-state index is 10.8. The zero-order valence-corrected chi connectivity index (χ0v) is 15.2. The molecule has 122 valence electrons. The fourth-order valence-electron chi connectivity index (χ4n) is 2.82. The summed E-state index contributed by atoms with van der Waals surface area (Å²) in [6.07, 6.45) is 0. The molecule has 3 aromatic rings. The van der Waals surface area contributed by atoms with Crippen LogP contribution < -0.4 is 15.5 Å². The van der Waals surface area contributed by atoms with Crippen molar-refractivity contribution in [2.24, 2.45) is 0 Å². The third-order valence-electron chi connectivity index (χ3n) is 4.11. The molecule has 3 rings (SSSR count). The van der Waals surface area contributed by atoms with E-state index in [9.17, 15) is 5.11 Å². The van der Waals surface area contributed by atoms with Gasteiger partial charge in [0.2, 0.25) is 0 Å². The molecule has 3 heteroatoms. The van der Waals surface area contributed by atoms with Crippen molar-refractivity contribution < 1.29 is 5.11 Å². The lowest BCUT2D eigenvalue weighted by molar-refractivity contribution is 0.482. The van der Waals surface area contributed by atoms with Gasteiger partial charge in [-0.1, -0.05) is 69.2 Å². The number of nitrogens with zero attached hydrogens (tertiary/aromatic N) is 1. The van der Waals surface area contributed by atoms with Gasteiger partial charge in [-0.15, -0.1) is 0 Å². The van der Waals surface area contributed by atoms with Crippen LogP contribution >= 0.6 is 8.58 Å². The molecule has 1 N–H and O–H groups in total. The predicted molar refractivity (Wildman–Crippen MR) is 107 cm³/mol. The first-order valence-electron chi connectivity index (χ1n) is 7.99. The van der Waals surface area contributed by atoms with E-state index >= 15 is 0 Å². The second-order valence-corrected chi connectivity index (χ2v) is 7.34. The summed E-state index contributed by atoms with van der Waals surface area (Å²) >= 11 is 0. The molecule has 0 aliphatic carbocycles. The second kappa shape index (κ2) is 7.07. The number of benzene rings is 3. The lowest BCUT2D eigenvalue weighted by Crippen LogP contribution is -2.19. The highest BCUT2D eigenvalue weighted by Crippen LogP contribution is 2.32. The van der Waals surface area contributed by atoms with Gasteiger partial charge in [0.1, 0.15) is 5.75 Å². The van der Waals surface area contributed by atoms with Crippen LogP contribution in [0.5, 0.6) is 5.75 Å². The normalized spacial score (nSPS) is 11.1. The Morgan fingerprint density at radius 3 is 2.25 bits per heavy atom. The third-order valence-corrected chi connectivity index (χ3v) is 5.69. The monoisotopic (exact) mass is 335 g/mol. The molecule has 0 saturated carbocycles. The first-order chi connectivity index (χ1) is 11.6. The number of aromatic hydroxyl groups is 1. The summed E-state index contributed by atoms with van der Waals surface area (Å²) in [5.41, 5.74) is 4.39. The fourth-order valence-corrected chi connectivity index (χ4v) is 4.23. The van der Waals surface area contributed by atoms with Gasteiger partial charge in [-0.25, -0.2) is 0 Å². The molecule has 0 heterocycles. The van der Waals surface area contributed by atoms with Crippen LogP contribution in [-0.2, 0) is 0 Å². The van der Waals surface area contributed by atoms with Gasteiger partial charge in [-0.2, -0.15) is 0 Å². The molecule has 0 bridgehead atoms. The topological polar surface area (TPSA) is 23.5 Å². The molecular formula is C21H22NOP. The zero-order valence-electron chi connectivity index (χ0n) is 14.2. The van der Waals surface area contributed by atoms with E-state index in [0.29, 0.717) is 14.3 Å². The van der Waals surface area contributed by atoms with Crippen LogP contribution in [0.3, 0.4) is 0 Å². The van der Waals surface area contributed by atoms with Gasteiger partial charge in [0, 0.05) is 36.0 Å². The molecule has 0 fully saturated rings. The summed E-state index contributed by atoms with van der Waals surface area (Å²) in [6, 6.07) is 22.4. The zero-order chi connectivity index (χ0) is 17.1. The molecule has 0 radical (unpaired) electrons. The van der Waals surface area contributed by atoms with Crippen molar-refractivity contribution in [1.29, 1.82) is 0 Å². The first-order valence-corrected chi connectivity index (χ1v) is 8.99. The lowest BCUT2D eigenvalue weighted by atomic mass is 10.1. The quantitative estimate of drug-likeness (QED) is 0.727. The Labute approximate surface area is 145 Å².